The van der Waals surface area contributed by atoms with Crippen LogP contribution in [0, 0.1) is 6.92 Å². The van der Waals surface area contributed by atoms with Gasteiger partial charge in [-0.05, 0) is 61.4 Å². The minimum Gasteiger partial charge on any atom is -0.497 e. The van der Waals surface area contributed by atoms with Gasteiger partial charge in [-0.2, -0.15) is 12.6 Å². The lowest BCUT2D eigenvalue weighted by atomic mass is 10.1. The second-order valence-corrected chi connectivity index (χ2v) is 7.55. The lowest BCUT2D eigenvalue weighted by molar-refractivity contribution is -0.120. The number of carbonyl (C=O) groups is 2. The molecule has 3 aromatic rings. The third-order valence-corrected chi connectivity index (χ3v) is 5.35. The molecule has 7 heteroatoms. The number of carbonyl (C=O) groups excluding carboxylic acids is 2. The molecule has 0 aliphatic heterocycles. The Bertz CT molecular complexity index is 1040. The summed E-state index contributed by atoms with van der Waals surface area (Å²) in [5.41, 5.74) is 3.11. The molecule has 0 aliphatic rings. The maximum atomic E-state index is 13.2. The van der Waals surface area contributed by atoms with Gasteiger partial charge in [0.05, 0.1) is 12.6 Å². The van der Waals surface area contributed by atoms with Crippen LogP contribution in [0.4, 0.5) is 0 Å². The third-order valence-electron chi connectivity index (χ3n) is 4.87. The van der Waals surface area contributed by atoms with Crippen molar-refractivity contribution in [2.45, 2.75) is 19.8 Å². The van der Waals surface area contributed by atoms with Crippen molar-refractivity contribution >= 4 is 46.9 Å². The van der Waals surface area contributed by atoms with Crippen molar-refractivity contribution in [2.75, 3.05) is 19.4 Å². The molecule has 0 spiro atoms. The minimum atomic E-state index is -0.139. The maximum Gasteiger partial charge on any atom is 0.262 e. The van der Waals surface area contributed by atoms with Crippen LogP contribution in [0.15, 0.2) is 42.5 Å². The molecule has 152 valence electrons. The van der Waals surface area contributed by atoms with Gasteiger partial charge in [0.1, 0.15) is 5.75 Å². The zero-order valence-electron chi connectivity index (χ0n) is 16.4. The second kappa shape index (κ2) is 9.37. The SMILES string of the molecule is COc1ccc2c(c1)c(CCC(=O)NCCS)c(C)n2C(=O)c1ccc(Cl)cc1. The van der Waals surface area contributed by atoms with Crippen molar-refractivity contribution in [1.29, 1.82) is 0 Å². The number of nitrogens with zero attached hydrogens (tertiary/aromatic N) is 1. The van der Waals surface area contributed by atoms with Crippen LogP contribution in [0.25, 0.3) is 10.9 Å². The van der Waals surface area contributed by atoms with Crippen LogP contribution >= 0.6 is 24.2 Å². The molecule has 0 saturated carbocycles. The largest absolute Gasteiger partial charge is 0.497 e. The van der Waals surface area contributed by atoms with Gasteiger partial charge in [-0.25, -0.2) is 0 Å². The predicted octanol–water partition coefficient (Wildman–Crippen LogP) is 4.28. The van der Waals surface area contributed by atoms with E-state index in [1.165, 1.54) is 0 Å². The summed E-state index contributed by atoms with van der Waals surface area (Å²) < 4.78 is 7.06. The smallest absolute Gasteiger partial charge is 0.262 e. The van der Waals surface area contributed by atoms with Crippen LogP contribution in [0.5, 0.6) is 5.75 Å². The predicted molar refractivity (Wildman–Crippen MR) is 120 cm³/mol. The number of ether oxygens (including phenoxy) is 1. The van der Waals surface area contributed by atoms with E-state index in [-0.39, 0.29) is 11.8 Å². The van der Waals surface area contributed by atoms with E-state index in [0.29, 0.717) is 41.5 Å². The first-order chi connectivity index (χ1) is 14.0. The molecule has 0 unspecified atom stereocenters. The Kier molecular flexibility index (Phi) is 6.87. The average molecular weight is 431 g/mol. The molecular weight excluding hydrogens is 408 g/mol. The summed E-state index contributed by atoms with van der Waals surface area (Å²) in [6.07, 6.45) is 0.856. The van der Waals surface area contributed by atoms with Crippen molar-refractivity contribution in [3.05, 3.63) is 64.3 Å². The zero-order valence-corrected chi connectivity index (χ0v) is 18.0. The molecule has 0 saturated heterocycles. The molecular formula is C22H23ClN2O3S. The van der Waals surface area contributed by atoms with Crippen LogP contribution in [0.2, 0.25) is 5.02 Å². The first-order valence-electron chi connectivity index (χ1n) is 9.32. The number of aryl methyl sites for hydroxylation is 1. The fourth-order valence-corrected chi connectivity index (χ4v) is 3.65. The summed E-state index contributed by atoms with van der Waals surface area (Å²) >= 11 is 10.1. The van der Waals surface area contributed by atoms with E-state index in [0.717, 1.165) is 22.2 Å². The van der Waals surface area contributed by atoms with E-state index in [1.807, 2.05) is 25.1 Å². The highest BCUT2D eigenvalue weighted by Crippen LogP contribution is 2.31. The summed E-state index contributed by atoms with van der Waals surface area (Å²) in [7, 11) is 1.61. The summed E-state index contributed by atoms with van der Waals surface area (Å²) in [5.74, 6) is 1.12. The Labute approximate surface area is 180 Å². The number of nitrogens with one attached hydrogen (secondary N) is 1. The van der Waals surface area contributed by atoms with Crippen molar-refractivity contribution in [1.82, 2.24) is 9.88 Å². The quantitative estimate of drug-likeness (QED) is 0.550. The van der Waals surface area contributed by atoms with Gasteiger partial charge in [0, 0.05) is 40.4 Å². The lowest BCUT2D eigenvalue weighted by Gasteiger charge is -2.08. The molecule has 0 aliphatic carbocycles. The lowest BCUT2D eigenvalue weighted by Crippen LogP contribution is -2.25. The highest BCUT2D eigenvalue weighted by atomic mass is 35.5. The highest BCUT2D eigenvalue weighted by Gasteiger charge is 2.21. The Morgan fingerprint density at radius 2 is 1.90 bits per heavy atom. The van der Waals surface area contributed by atoms with E-state index >= 15 is 0 Å². The van der Waals surface area contributed by atoms with Gasteiger partial charge in [-0.1, -0.05) is 11.6 Å². The van der Waals surface area contributed by atoms with E-state index in [1.54, 1.807) is 35.9 Å². The molecule has 29 heavy (non-hydrogen) atoms. The summed E-state index contributed by atoms with van der Waals surface area (Å²) in [4.78, 5) is 25.3. The third kappa shape index (κ3) is 4.60. The molecule has 5 nitrogen and oxygen atoms in total. The molecule has 1 heterocycles. The average Bonchev–Trinajstić information content (AvgIpc) is 3.01. The summed E-state index contributed by atoms with van der Waals surface area (Å²) in [6, 6.07) is 12.4. The van der Waals surface area contributed by atoms with Crippen molar-refractivity contribution in [3.8, 4) is 5.75 Å². The number of halogens is 1. The van der Waals surface area contributed by atoms with Crippen molar-refractivity contribution < 1.29 is 14.3 Å². The minimum absolute atomic E-state index is 0.0359. The van der Waals surface area contributed by atoms with Crippen molar-refractivity contribution in [3.63, 3.8) is 0 Å². The van der Waals surface area contributed by atoms with E-state index in [2.05, 4.69) is 17.9 Å². The van der Waals surface area contributed by atoms with Crippen LogP contribution in [0.3, 0.4) is 0 Å². The molecule has 0 atom stereocenters. The zero-order chi connectivity index (χ0) is 21.0. The van der Waals surface area contributed by atoms with Crippen LogP contribution in [-0.2, 0) is 11.2 Å². The normalized spacial score (nSPS) is 10.9. The van der Waals surface area contributed by atoms with Crippen molar-refractivity contribution in [2.24, 2.45) is 0 Å². The fraction of sp³-hybridized carbons (Fsp3) is 0.273. The monoisotopic (exact) mass is 430 g/mol. The van der Waals surface area contributed by atoms with E-state index < -0.39 is 0 Å². The molecule has 3 rings (SSSR count). The number of hydrogen-bond donors (Lipinski definition) is 2. The molecule has 0 fully saturated rings. The summed E-state index contributed by atoms with van der Waals surface area (Å²) in [6.45, 7) is 2.44. The Morgan fingerprint density at radius 3 is 2.55 bits per heavy atom. The molecule has 1 aromatic heterocycles. The number of thiol groups is 1. The van der Waals surface area contributed by atoms with E-state index in [9.17, 15) is 9.59 Å². The topological polar surface area (TPSA) is 60.3 Å². The van der Waals surface area contributed by atoms with Crippen LogP contribution in [0.1, 0.15) is 28.0 Å². The number of fused-ring (bicyclic) bond motifs is 1. The van der Waals surface area contributed by atoms with Gasteiger partial charge in [0.25, 0.3) is 5.91 Å². The number of amides is 1. The molecule has 1 N–H and O–H groups in total. The standard InChI is InChI=1S/C22H23ClN2O3S/c1-14-18(8-10-21(26)24-11-12-29)19-13-17(28-2)7-9-20(19)25(14)22(27)15-3-5-16(23)6-4-15/h3-7,9,13,29H,8,10-12H2,1-2H3,(H,24,26). The number of aromatic nitrogens is 1. The Balaban J connectivity index is 2.03. The van der Waals surface area contributed by atoms with Crippen LogP contribution in [-0.4, -0.2) is 35.8 Å². The van der Waals surface area contributed by atoms with Gasteiger partial charge >= 0.3 is 0 Å². The fourth-order valence-electron chi connectivity index (χ4n) is 3.41. The molecule has 1 amide bonds. The first kappa shape index (κ1) is 21.3. The highest BCUT2D eigenvalue weighted by molar-refractivity contribution is 7.80. The van der Waals surface area contributed by atoms with Gasteiger partial charge in [-0.3, -0.25) is 14.2 Å². The number of rotatable bonds is 7. The van der Waals surface area contributed by atoms with Gasteiger partial charge < -0.3 is 10.1 Å². The molecule has 2 aromatic carbocycles. The van der Waals surface area contributed by atoms with Gasteiger partial charge in [0.15, 0.2) is 0 Å². The summed E-state index contributed by atoms with van der Waals surface area (Å²) in [5, 5.41) is 4.31. The second-order valence-electron chi connectivity index (χ2n) is 6.67. The van der Waals surface area contributed by atoms with Gasteiger partial charge in [-0.15, -0.1) is 0 Å². The van der Waals surface area contributed by atoms with E-state index in [4.69, 9.17) is 16.3 Å². The van der Waals surface area contributed by atoms with Gasteiger partial charge in [0.2, 0.25) is 5.91 Å². The van der Waals surface area contributed by atoms with Crippen LogP contribution < -0.4 is 10.1 Å². The first-order valence-corrected chi connectivity index (χ1v) is 10.3. The maximum absolute atomic E-state index is 13.2. The Morgan fingerprint density at radius 1 is 1.17 bits per heavy atom. The number of methoxy groups -OCH3 is 1. The number of hydrogen-bond acceptors (Lipinski definition) is 4. The Hall–Kier alpha value is -2.44. The molecule has 0 bridgehead atoms. The molecule has 0 radical (unpaired) electrons. The number of benzene rings is 2.